The summed E-state index contributed by atoms with van der Waals surface area (Å²) in [6.07, 6.45) is 1.64. The highest BCUT2D eigenvalue weighted by atomic mass is 35.5. The Kier molecular flexibility index (Phi) is 3.94. The van der Waals surface area contributed by atoms with Gasteiger partial charge in [-0.2, -0.15) is 5.26 Å². The van der Waals surface area contributed by atoms with Crippen LogP contribution < -0.4 is 9.80 Å². The molecule has 5 heteroatoms. The maximum absolute atomic E-state index is 9.04. The molecule has 1 aliphatic heterocycles. The molecule has 0 aliphatic carbocycles. The van der Waals surface area contributed by atoms with Crippen LogP contribution in [0, 0.1) is 11.3 Å². The molecule has 1 aliphatic rings. The standard InChI is InChI=1S/C16H15ClN4/c17-15-13(12-18)6-7-19-16(15)21-10-8-20(9-11-21)14-4-2-1-3-5-14/h1-7H,8-11H2. The van der Waals surface area contributed by atoms with Crippen molar-refractivity contribution in [3.8, 4) is 6.07 Å². The van der Waals surface area contributed by atoms with Crippen LogP contribution in [0.25, 0.3) is 0 Å². The second kappa shape index (κ2) is 6.02. The average Bonchev–Trinajstić information content (AvgIpc) is 2.56. The normalized spacial score (nSPS) is 14.9. The fraction of sp³-hybridized carbons (Fsp3) is 0.250. The predicted molar refractivity (Wildman–Crippen MR) is 84.8 cm³/mol. The monoisotopic (exact) mass is 298 g/mol. The van der Waals surface area contributed by atoms with E-state index in [9.17, 15) is 0 Å². The number of aromatic nitrogens is 1. The third-order valence-electron chi connectivity index (χ3n) is 3.69. The topological polar surface area (TPSA) is 43.2 Å². The highest BCUT2D eigenvalue weighted by Gasteiger charge is 2.21. The molecule has 4 nitrogen and oxygen atoms in total. The SMILES string of the molecule is N#Cc1ccnc(N2CCN(c3ccccc3)CC2)c1Cl. The van der Waals surface area contributed by atoms with Gasteiger partial charge in [-0.3, -0.25) is 0 Å². The van der Waals surface area contributed by atoms with E-state index in [2.05, 4.69) is 45.1 Å². The number of anilines is 2. The number of piperazine rings is 1. The minimum absolute atomic E-state index is 0.452. The number of hydrogen-bond donors (Lipinski definition) is 0. The highest BCUT2D eigenvalue weighted by Crippen LogP contribution is 2.27. The molecule has 0 bridgehead atoms. The molecule has 0 amide bonds. The summed E-state index contributed by atoms with van der Waals surface area (Å²) in [5, 5.41) is 9.50. The number of nitriles is 1. The molecule has 0 saturated carbocycles. The molecule has 21 heavy (non-hydrogen) atoms. The first-order chi connectivity index (χ1) is 10.3. The van der Waals surface area contributed by atoms with Crippen molar-refractivity contribution in [2.75, 3.05) is 36.0 Å². The summed E-state index contributed by atoms with van der Waals surface area (Å²) in [6, 6.07) is 14.1. The van der Waals surface area contributed by atoms with Crippen molar-refractivity contribution in [2.24, 2.45) is 0 Å². The van der Waals surface area contributed by atoms with Crippen molar-refractivity contribution in [1.82, 2.24) is 4.98 Å². The highest BCUT2D eigenvalue weighted by molar-refractivity contribution is 6.34. The Hall–Kier alpha value is -2.25. The molecule has 2 heterocycles. The fourth-order valence-corrected chi connectivity index (χ4v) is 2.83. The molecule has 1 fully saturated rings. The van der Waals surface area contributed by atoms with Crippen molar-refractivity contribution < 1.29 is 0 Å². The molecular weight excluding hydrogens is 284 g/mol. The molecule has 106 valence electrons. The van der Waals surface area contributed by atoms with Crippen LogP contribution in [0.15, 0.2) is 42.6 Å². The summed E-state index contributed by atoms with van der Waals surface area (Å²) in [5.74, 6) is 0.712. The first kappa shape index (κ1) is 13.7. The molecule has 0 N–H and O–H groups in total. The first-order valence-electron chi connectivity index (χ1n) is 6.89. The van der Waals surface area contributed by atoms with Crippen LogP contribution in [-0.2, 0) is 0 Å². The Morgan fingerprint density at radius 2 is 1.67 bits per heavy atom. The second-order valence-corrected chi connectivity index (χ2v) is 5.30. The van der Waals surface area contributed by atoms with Gasteiger partial charge in [0.15, 0.2) is 0 Å². The minimum atomic E-state index is 0.452. The Bertz CT molecular complexity index is 658. The van der Waals surface area contributed by atoms with E-state index in [0.717, 1.165) is 26.2 Å². The number of pyridine rings is 1. The van der Waals surface area contributed by atoms with E-state index in [4.69, 9.17) is 16.9 Å². The number of halogens is 1. The summed E-state index contributed by atoms with van der Waals surface area (Å²) in [7, 11) is 0. The van der Waals surface area contributed by atoms with Crippen LogP contribution in [0.4, 0.5) is 11.5 Å². The van der Waals surface area contributed by atoms with E-state index in [-0.39, 0.29) is 0 Å². The van der Waals surface area contributed by atoms with Gasteiger partial charge in [0, 0.05) is 38.1 Å². The third kappa shape index (κ3) is 2.79. The van der Waals surface area contributed by atoms with E-state index >= 15 is 0 Å². The lowest BCUT2D eigenvalue weighted by molar-refractivity contribution is 0.647. The van der Waals surface area contributed by atoms with Crippen LogP contribution in [0.2, 0.25) is 5.02 Å². The summed E-state index contributed by atoms with van der Waals surface area (Å²) >= 11 is 6.26. The number of benzene rings is 1. The number of para-hydroxylation sites is 1. The third-order valence-corrected chi connectivity index (χ3v) is 4.06. The van der Waals surface area contributed by atoms with E-state index in [1.165, 1.54) is 5.69 Å². The van der Waals surface area contributed by atoms with E-state index in [1.807, 2.05) is 6.07 Å². The van der Waals surface area contributed by atoms with Gasteiger partial charge in [-0.25, -0.2) is 4.98 Å². The van der Waals surface area contributed by atoms with Gasteiger partial charge in [-0.05, 0) is 18.2 Å². The summed E-state index contributed by atoms with van der Waals surface area (Å²) < 4.78 is 0. The largest absolute Gasteiger partial charge is 0.368 e. The maximum atomic E-state index is 9.04. The molecular formula is C16H15ClN4. The summed E-state index contributed by atoms with van der Waals surface area (Å²) in [6.45, 7) is 3.52. The van der Waals surface area contributed by atoms with Gasteiger partial charge in [-0.15, -0.1) is 0 Å². The minimum Gasteiger partial charge on any atom is -0.368 e. The van der Waals surface area contributed by atoms with Crippen molar-refractivity contribution in [3.63, 3.8) is 0 Å². The predicted octanol–water partition coefficient (Wildman–Crippen LogP) is 2.93. The van der Waals surface area contributed by atoms with Crippen LogP contribution in [-0.4, -0.2) is 31.2 Å². The van der Waals surface area contributed by atoms with Gasteiger partial charge in [-0.1, -0.05) is 29.8 Å². The zero-order valence-corrected chi connectivity index (χ0v) is 12.3. The average molecular weight is 299 g/mol. The maximum Gasteiger partial charge on any atom is 0.148 e. The molecule has 0 unspecified atom stereocenters. The molecule has 3 rings (SSSR count). The molecule has 0 spiro atoms. The Balaban J connectivity index is 1.73. The van der Waals surface area contributed by atoms with E-state index in [1.54, 1.807) is 12.3 Å². The van der Waals surface area contributed by atoms with E-state index in [0.29, 0.717) is 16.4 Å². The number of nitrogens with zero attached hydrogens (tertiary/aromatic N) is 4. The Labute approximate surface area is 129 Å². The molecule has 1 saturated heterocycles. The quantitative estimate of drug-likeness (QED) is 0.855. The lowest BCUT2D eigenvalue weighted by atomic mass is 10.2. The van der Waals surface area contributed by atoms with E-state index < -0.39 is 0 Å². The van der Waals surface area contributed by atoms with Crippen LogP contribution in [0.5, 0.6) is 0 Å². The van der Waals surface area contributed by atoms with Gasteiger partial charge in [0.25, 0.3) is 0 Å². The summed E-state index contributed by atoms with van der Waals surface area (Å²) in [5.41, 5.74) is 1.72. The Morgan fingerprint density at radius 1 is 1.00 bits per heavy atom. The van der Waals surface area contributed by atoms with Crippen molar-refractivity contribution in [1.29, 1.82) is 5.26 Å². The van der Waals surface area contributed by atoms with Gasteiger partial charge >= 0.3 is 0 Å². The molecule has 1 aromatic heterocycles. The zero-order valence-electron chi connectivity index (χ0n) is 11.5. The van der Waals surface area contributed by atoms with Gasteiger partial charge in [0.05, 0.1) is 5.56 Å². The molecule has 1 aromatic carbocycles. The Morgan fingerprint density at radius 3 is 2.33 bits per heavy atom. The molecule has 0 radical (unpaired) electrons. The second-order valence-electron chi connectivity index (χ2n) is 4.92. The van der Waals surface area contributed by atoms with Gasteiger partial charge in [0.1, 0.15) is 16.9 Å². The molecule has 0 atom stereocenters. The lowest BCUT2D eigenvalue weighted by Crippen LogP contribution is -2.47. The van der Waals surface area contributed by atoms with Crippen molar-refractivity contribution >= 4 is 23.1 Å². The van der Waals surface area contributed by atoms with Crippen molar-refractivity contribution in [2.45, 2.75) is 0 Å². The van der Waals surface area contributed by atoms with Crippen LogP contribution >= 0.6 is 11.6 Å². The van der Waals surface area contributed by atoms with Gasteiger partial charge in [0.2, 0.25) is 0 Å². The van der Waals surface area contributed by atoms with Crippen LogP contribution in [0.3, 0.4) is 0 Å². The summed E-state index contributed by atoms with van der Waals surface area (Å²) in [4.78, 5) is 8.82. The van der Waals surface area contributed by atoms with Gasteiger partial charge < -0.3 is 9.80 Å². The number of hydrogen-bond acceptors (Lipinski definition) is 4. The lowest BCUT2D eigenvalue weighted by Gasteiger charge is -2.37. The number of rotatable bonds is 2. The first-order valence-corrected chi connectivity index (χ1v) is 7.27. The smallest absolute Gasteiger partial charge is 0.148 e. The van der Waals surface area contributed by atoms with Crippen molar-refractivity contribution in [3.05, 3.63) is 53.2 Å². The zero-order chi connectivity index (χ0) is 14.7. The molecule has 2 aromatic rings. The van der Waals surface area contributed by atoms with Crippen LogP contribution in [0.1, 0.15) is 5.56 Å². The fourth-order valence-electron chi connectivity index (χ4n) is 2.55.